The summed E-state index contributed by atoms with van der Waals surface area (Å²) in [6, 6.07) is 8.06. The lowest BCUT2D eigenvalue weighted by Crippen LogP contribution is -2.23. The van der Waals surface area contributed by atoms with Crippen molar-refractivity contribution < 1.29 is 13.9 Å². The Morgan fingerprint density at radius 2 is 2.19 bits per heavy atom. The first-order valence-electron chi connectivity index (χ1n) is 7.34. The third-order valence-electron chi connectivity index (χ3n) is 3.36. The molecule has 21 heavy (non-hydrogen) atoms. The average Bonchev–Trinajstić information content (AvgIpc) is 2.82. The highest BCUT2D eigenvalue weighted by molar-refractivity contribution is 5.82. The molecule has 0 saturated carbocycles. The molecule has 1 heterocycles. The summed E-state index contributed by atoms with van der Waals surface area (Å²) in [7, 11) is 0. The second kappa shape index (κ2) is 7.69. The lowest BCUT2D eigenvalue weighted by Gasteiger charge is -2.06. The maximum absolute atomic E-state index is 10.5. The van der Waals surface area contributed by atoms with E-state index in [1.807, 2.05) is 18.2 Å². The Bertz CT molecular complexity index is 592. The number of unbranched alkanes of at least 4 members (excludes halogenated alkanes) is 1. The molecule has 0 bridgehead atoms. The molecule has 1 amide bonds. The molecule has 5 nitrogen and oxygen atoms in total. The molecule has 114 valence electrons. The average molecular weight is 290 g/mol. The number of nitrogens with two attached hydrogens (primary N) is 1. The quantitative estimate of drug-likeness (QED) is 0.733. The van der Waals surface area contributed by atoms with E-state index < -0.39 is 6.09 Å². The van der Waals surface area contributed by atoms with Gasteiger partial charge in [0.15, 0.2) is 0 Å². The molecule has 0 radical (unpaired) electrons. The molecule has 2 aromatic rings. The van der Waals surface area contributed by atoms with E-state index in [1.165, 1.54) is 5.56 Å². The number of furan rings is 1. The van der Waals surface area contributed by atoms with Gasteiger partial charge in [-0.05, 0) is 12.5 Å². The summed E-state index contributed by atoms with van der Waals surface area (Å²) >= 11 is 0. The lowest BCUT2D eigenvalue weighted by molar-refractivity contribution is 0.157. The van der Waals surface area contributed by atoms with Crippen LogP contribution in [0, 0.1) is 0 Å². The maximum Gasteiger partial charge on any atom is 0.404 e. The Hall–Kier alpha value is -2.01. The summed E-state index contributed by atoms with van der Waals surface area (Å²) < 4.78 is 10.6. The van der Waals surface area contributed by atoms with Crippen LogP contribution >= 0.6 is 0 Å². The van der Waals surface area contributed by atoms with Crippen LogP contribution < -0.4 is 11.1 Å². The van der Waals surface area contributed by atoms with E-state index in [4.69, 9.17) is 14.9 Å². The highest BCUT2D eigenvalue weighted by atomic mass is 16.5. The van der Waals surface area contributed by atoms with Crippen LogP contribution in [-0.2, 0) is 17.7 Å². The minimum absolute atomic E-state index is 0.273. The first kappa shape index (κ1) is 15.4. The van der Waals surface area contributed by atoms with Gasteiger partial charge in [-0.2, -0.15) is 0 Å². The zero-order valence-corrected chi connectivity index (χ0v) is 12.4. The Balaban J connectivity index is 2.03. The number of rotatable bonds is 8. The number of fused-ring (bicyclic) bond motifs is 1. The lowest BCUT2D eigenvalue weighted by atomic mass is 10.1. The van der Waals surface area contributed by atoms with Crippen molar-refractivity contribution in [2.45, 2.75) is 32.7 Å². The summed E-state index contributed by atoms with van der Waals surface area (Å²) in [6.45, 7) is 3.70. The maximum atomic E-state index is 10.5. The minimum Gasteiger partial charge on any atom is -0.461 e. The number of benzene rings is 1. The Morgan fingerprint density at radius 3 is 2.95 bits per heavy atom. The number of carbonyl (C=O) groups is 1. The zero-order valence-electron chi connectivity index (χ0n) is 12.4. The third kappa shape index (κ3) is 4.23. The molecular weight excluding hydrogens is 268 g/mol. The number of hydrogen-bond acceptors (Lipinski definition) is 4. The molecule has 0 atom stereocenters. The van der Waals surface area contributed by atoms with E-state index in [-0.39, 0.29) is 6.61 Å². The first-order chi connectivity index (χ1) is 10.2. The van der Waals surface area contributed by atoms with E-state index >= 15 is 0 Å². The van der Waals surface area contributed by atoms with E-state index in [0.717, 1.165) is 36.0 Å². The van der Waals surface area contributed by atoms with Gasteiger partial charge in [0, 0.05) is 30.5 Å². The molecule has 2 rings (SSSR count). The second-order valence-corrected chi connectivity index (χ2v) is 4.95. The van der Waals surface area contributed by atoms with Crippen molar-refractivity contribution in [3.63, 3.8) is 0 Å². The molecule has 0 saturated heterocycles. The molecule has 0 spiro atoms. The van der Waals surface area contributed by atoms with E-state index in [9.17, 15) is 4.79 Å². The van der Waals surface area contributed by atoms with Gasteiger partial charge in [-0.3, -0.25) is 0 Å². The van der Waals surface area contributed by atoms with Crippen molar-refractivity contribution in [2.24, 2.45) is 5.73 Å². The first-order valence-corrected chi connectivity index (χ1v) is 7.34. The van der Waals surface area contributed by atoms with Gasteiger partial charge < -0.3 is 20.2 Å². The van der Waals surface area contributed by atoms with Crippen LogP contribution in [0.2, 0.25) is 0 Å². The van der Waals surface area contributed by atoms with Crippen molar-refractivity contribution >= 4 is 17.1 Å². The number of nitrogens with one attached hydrogen (secondary N) is 1. The fraction of sp³-hybridized carbons (Fsp3) is 0.438. The fourth-order valence-corrected chi connectivity index (χ4v) is 2.32. The normalized spacial score (nSPS) is 10.9. The highest BCUT2D eigenvalue weighted by Crippen LogP contribution is 2.27. The van der Waals surface area contributed by atoms with Crippen LogP contribution in [0.25, 0.3) is 11.0 Å². The number of para-hydroxylation sites is 1. The van der Waals surface area contributed by atoms with Gasteiger partial charge >= 0.3 is 6.09 Å². The topological polar surface area (TPSA) is 77.5 Å². The SMILES string of the molecule is CCCCc1oc2ccccc2c1CNCCOC(N)=O. The van der Waals surface area contributed by atoms with E-state index in [0.29, 0.717) is 13.1 Å². The monoisotopic (exact) mass is 290 g/mol. The summed E-state index contributed by atoms with van der Waals surface area (Å²) in [5, 5.41) is 4.40. The number of carbonyl (C=O) groups excluding carboxylic acids is 1. The van der Waals surface area contributed by atoms with Crippen molar-refractivity contribution in [3.05, 3.63) is 35.6 Å². The number of hydrogen-bond donors (Lipinski definition) is 2. The molecule has 0 aliphatic rings. The molecule has 0 aliphatic carbocycles. The van der Waals surface area contributed by atoms with Gasteiger partial charge in [0.25, 0.3) is 0 Å². The van der Waals surface area contributed by atoms with E-state index in [2.05, 4.69) is 18.3 Å². The molecule has 0 fully saturated rings. The van der Waals surface area contributed by atoms with Gasteiger partial charge in [-0.25, -0.2) is 4.79 Å². The van der Waals surface area contributed by atoms with Crippen LogP contribution in [0.5, 0.6) is 0 Å². The van der Waals surface area contributed by atoms with Crippen molar-refractivity contribution in [3.8, 4) is 0 Å². The van der Waals surface area contributed by atoms with Gasteiger partial charge in [0.2, 0.25) is 0 Å². The zero-order chi connectivity index (χ0) is 15.1. The third-order valence-corrected chi connectivity index (χ3v) is 3.36. The van der Waals surface area contributed by atoms with Crippen LogP contribution in [0.15, 0.2) is 28.7 Å². The standard InChI is InChI=1S/C16H22N2O3/c1-2-3-7-15-13(11-18-9-10-20-16(17)19)12-6-4-5-8-14(12)21-15/h4-6,8,18H,2-3,7,9-11H2,1H3,(H2,17,19). The summed E-state index contributed by atoms with van der Waals surface area (Å²) in [5.74, 6) is 1.04. The predicted molar refractivity (Wildman–Crippen MR) is 82.1 cm³/mol. The molecule has 1 aromatic heterocycles. The molecule has 0 unspecified atom stereocenters. The summed E-state index contributed by atoms with van der Waals surface area (Å²) in [4.78, 5) is 10.5. The van der Waals surface area contributed by atoms with Gasteiger partial charge in [-0.15, -0.1) is 0 Å². The second-order valence-electron chi connectivity index (χ2n) is 4.95. The molecule has 1 aromatic carbocycles. The smallest absolute Gasteiger partial charge is 0.404 e. The van der Waals surface area contributed by atoms with Crippen LogP contribution in [0.3, 0.4) is 0 Å². The van der Waals surface area contributed by atoms with Crippen molar-refractivity contribution in [2.75, 3.05) is 13.2 Å². The molecule has 5 heteroatoms. The Labute approximate surface area is 124 Å². The number of amides is 1. The van der Waals surface area contributed by atoms with Gasteiger partial charge in [0.05, 0.1) is 0 Å². The van der Waals surface area contributed by atoms with E-state index in [1.54, 1.807) is 0 Å². The molecular formula is C16H22N2O3. The number of primary amides is 1. The molecule has 3 N–H and O–H groups in total. The number of aryl methyl sites for hydroxylation is 1. The van der Waals surface area contributed by atoms with Crippen LogP contribution in [-0.4, -0.2) is 19.2 Å². The van der Waals surface area contributed by atoms with Crippen molar-refractivity contribution in [1.29, 1.82) is 0 Å². The summed E-state index contributed by atoms with van der Waals surface area (Å²) in [5.41, 5.74) is 7.04. The van der Waals surface area contributed by atoms with Crippen LogP contribution in [0.4, 0.5) is 4.79 Å². The minimum atomic E-state index is -0.741. The highest BCUT2D eigenvalue weighted by Gasteiger charge is 2.12. The van der Waals surface area contributed by atoms with Crippen molar-refractivity contribution in [1.82, 2.24) is 5.32 Å². The Morgan fingerprint density at radius 1 is 1.38 bits per heavy atom. The fourth-order valence-electron chi connectivity index (χ4n) is 2.32. The largest absolute Gasteiger partial charge is 0.461 e. The number of ether oxygens (including phenoxy) is 1. The Kier molecular flexibility index (Phi) is 5.63. The van der Waals surface area contributed by atoms with Gasteiger partial charge in [0.1, 0.15) is 18.0 Å². The molecule has 0 aliphatic heterocycles. The summed E-state index contributed by atoms with van der Waals surface area (Å²) in [6.07, 6.45) is 2.45. The van der Waals surface area contributed by atoms with Crippen LogP contribution in [0.1, 0.15) is 31.1 Å². The van der Waals surface area contributed by atoms with Gasteiger partial charge in [-0.1, -0.05) is 31.5 Å². The predicted octanol–water partition coefficient (Wildman–Crippen LogP) is 2.96.